The molecule has 0 spiro atoms. The predicted molar refractivity (Wildman–Crippen MR) is 183 cm³/mol. The van der Waals surface area contributed by atoms with Crippen LogP contribution in [-0.4, -0.2) is 168 Å². The van der Waals surface area contributed by atoms with Gasteiger partial charge in [-0.05, 0) is 19.8 Å². The Hall–Kier alpha value is -4.28. The lowest BCUT2D eigenvalue weighted by Gasteiger charge is -2.19. The van der Waals surface area contributed by atoms with Crippen molar-refractivity contribution < 1.29 is 77.0 Å². The highest BCUT2D eigenvalue weighted by molar-refractivity contribution is 5.95. The molecule has 0 saturated carbocycles. The Balaban J connectivity index is 3.86. The van der Waals surface area contributed by atoms with E-state index in [1.807, 2.05) is 12.2 Å². The number of ether oxygens (including phenoxy) is 6. The largest absolute Gasteiger partial charge is 0.481 e. The number of carboxylic acids is 2. The number of ketones is 1. The van der Waals surface area contributed by atoms with Crippen LogP contribution in [0.3, 0.4) is 0 Å². The molecule has 0 aliphatic carbocycles. The van der Waals surface area contributed by atoms with Crippen molar-refractivity contribution in [2.45, 2.75) is 58.0 Å². The van der Waals surface area contributed by atoms with Crippen LogP contribution in [0.25, 0.3) is 0 Å². The summed E-state index contributed by atoms with van der Waals surface area (Å²) in [5, 5.41) is 30.3. The summed E-state index contributed by atoms with van der Waals surface area (Å²) in [5.41, 5.74) is 0. The fourth-order valence-electron chi connectivity index (χ4n) is 3.94. The highest BCUT2D eigenvalue weighted by Crippen LogP contribution is 2.03. The molecular weight excluding hydrogens is 710 g/mol. The zero-order valence-electron chi connectivity index (χ0n) is 30.4. The number of nitrogens with one attached hydrogen (secondary N) is 5. The Kier molecular flexibility index (Phi) is 29.8. The number of carbonyl (C=O) groups is 8. The van der Waals surface area contributed by atoms with Crippen LogP contribution in [0.5, 0.6) is 0 Å². The number of carboxylic acid groups (broad SMARTS) is 2. The van der Waals surface area contributed by atoms with Gasteiger partial charge in [0.15, 0.2) is 5.78 Å². The second kappa shape index (κ2) is 32.4. The minimum absolute atomic E-state index is 0.0477. The Labute approximate surface area is 307 Å². The molecular formula is C32H55N5O16. The minimum Gasteiger partial charge on any atom is -0.481 e. The van der Waals surface area contributed by atoms with Crippen LogP contribution in [-0.2, 0) is 66.8 Å². The number of carbonyl (C=O) groups excluding carboxylic acids is 6. The van der Waals surface area contributed by atoms with Crippen LogP contribution in [0, 0.1) is 0 Å². The van der Waals surface area contributed by atoms with Crippen LogP contribution in [0.15, 0.2) is 0 Å². The molecule has 21 nitrogen and oxygen atoms in total. The van der Waals surface area contributed by atoms with Crippen molar-refractivity contribution in [1.82, 2.24) is 26.6 Å². The molecule has 0 heterocycles. The molecule has 0 aromatic carbocycles. The maximum atomic E-state index is 12.6. The number of aliphatic carboxylic acids is 2. The van der Waals surface area contributed by atoms with Gasteiger partial charge in [-0.2, -0.15) is 0 Å². The normalized spacial score (nSPS) is 11.9. The molecule has 2 atom stereocenters. The van der Waals surface area contributed by atoms with Crippen LogP contribution >= 0.6 is 0 Å². The number of hydrogen-bond donors (Lipinski definition) is 7. The lowest BCUT2D eigenvalue weighted by Crippen LogP contribution is -2.48. The summed E-state index contributed by atoms with van der Waals surface area (Å²) >= 11 is 0. The molecule has 0 saturated heterocycles. The average Bonchev–Trinajstić information content (AvgIpc) is 3.09. The molecule has 0 aliphatic heterocycles. The standard InChI is InChI=1S/C32H55N5O16/c1-3-4-24(36-26(39)6-5-25(32(46)47)37-27(40)19-30(43)44)31(45)35-9-12-50-15-18-53-22-29(42)34-8-11-49-14-17-52-21-28(41)33-7-10-48-13-16-51-20-23(2)38/h24-25H,3-22H2,1-2H3,(H,33,41)(H,34,42)(H,35,45)(H,36,39)(H,37,40)(H,43,44)(H,46,47)/t24-,25-/m0/s1. The summed E-state index contributed by atoms with van der Waals surface area (Å²) in [5.74, 6) is -5.66. The molecule has 304 valence electrons. The number of amides is 5. The maximum absolute atomic E-state index is 12.6. The highest BCUT2D eigenvalue weighted by Gasteiger charge is 2.24. The Morgan fingerprint density at radius 3 is 1.43 bits per heavy atom. The zero-order chi connectivity index (χ0) is 39.7. The Bertz CT molecular complexity index is 1130. The first kappa shape index (κ1) is 48.7. The summed E-state index contributed by atoms with van der Waals surface area (Å²) < 4.78 is 31.5. The van der Waals surface area contributed by atoms with E-state index in [4.69, 9.17) is 33.5 Å². The fourth-order valence-corrected chi connectivity index (χ4v) is 3.94. The summed E-state index contributed by atoms with van der Waals surface area (Å²) in [6.07, 6.45) is -0.660. The van der Waals surface area contributed by atoms with Gasteiger partial charge < -0.3 is 65.2 Å². The van der Waals surface area contributed by atoms with E-state index >= 15 is 0 Å². The van der Waals surface area contributed by atoms with Crippen molar-refractivity contribution in [3.8, 4) is 0 Å². The molecule has 0 bridgehead atoms. The van der Waals surface area contributed by atoms with Crippen molar-refractivity contribution in [3.05, 3.63) is 0 Å². The predicted octanol–water partition coefficient (Wildman–Crippen LogP) is -2.87. The highest BCUT2D eigenvalue weighted by atomic mass is 16.5. The molecule has 53 heavy (non-hydrogen) atoms. The van der Waals surface area contributed by atoms with Gasteiger partial charge in [0, 0.05) is 26.1 Å². The van der Waals surface area contributed by atoms with Gasteiger partial charge in [-0.15, -0.1) is 0 Å². The van der Waals surface area contributed by atoms with Gasteiger partial charge in [0.05, 0.1) is 59.5 Å². The van der Waals surface area contributed by atoms with Crippen molar-refractivity contribution in [2.24, 2.45) is 0 Å². The van der Waals surface area contributed by atoms with E-state index in [1.165, 1.54) is 6.92 Å². The average molecular weight is 766 g/mol. The molecule has 0 aliphatic rings. The summed E-state index contributed by atoms with van der Waals surface area (Å²) in [4.78, 5) is 92.7. The second-order valence-electron chi connectivity index (χ2n) is 11.2. The van der Waals surface area contributed by atoms with Crippen LogP contribution in [0.1, 0.15) is 46.0 Å². The molecule has 0 fully saturated rings. The first-order valence-electron chi connectivity index (χ1n) is 17.2. The number of hydrogen-bond acceptors (Lipinski definition) is 14. The smallest absolute Gasteiger partial charge is 0.326 e. The number of Topliss-reactive ketones (excluding diaryl/α,β-unsaturated/α-hetero) is 1. The lowest BCUT2D eigenvalue weighted by atomic mass is 10.1. The third kappa shape index (κ3) is 31.0. The summed E-state index contributed by atoms with van der Waals surface area (Å²) in [6.45, 7) is 5.59. The third-order valence-corrected chi connectivity index (χ3v) is 6.40. The lowest BCUT2D eigenvalue weighted by molar-refractivity contribution is -0.145. The van der Waals surface area contributed by atoms with Gasteiger partial charge in [-0.3, -0.25) is 33.6 Å². The molecule has 5 amide bonds. The first-order valence-corrected chi connectivity index (χ1v) is 17.2. The van der Waals surface area contributed by atoms with Crippen LogP contribution < -0.4 is 26.6 Å². The molecule has 0 aromatic rings. The van der Waals surface area contributed by atoms with E-state index in [2.05, 4.69) is 21.3 Å². The molecule has 0 unspecified atom stereocenters. The van der Waals surface area contributed by atoms with Crippen molar-refractivity contribution >= 4 is 47.3 Å². The Morgan fingerprint density at radius 2 is 0.981 bits per heavy atom. The van der Waals surface area contributed by atoms with E-state index in [0.29, 0.717) is 39.2 Å². The van der Waals surface area contributed by atoms with E-state index in [1.54, 1.807) is 0 Å². The zero-order valence-corrected chi connectivity index (χ0v) is 30.4. The van der Waals surface area contributed by atoms with Gasteiger partial charge in [-0.25, -0.2) is 4.79 Å². The summed E-state index contributed by atoms with van der Waals surface area (Å²) in [7, 11) is 0. The van der Waals surface area contributed by atoms with Crippen molar-refractivity contribution in [2.75, 3.05) is 98.9 Å². The topological polar surface area (TPSA) is 293 Å². The monoisotopic (exact) mass is 765 g/mol. The second-order valence-corrected chi connectivity index (χ2v) is 11.2. The van der Waals surface area contributed by atoms with Gasteiger partial charge >= 0.3 is 11.9 Å². The maximum Gasteiger partial charge on any atom is 0.326 e. The Morgan fingerprint density at radius 1 is 0.528 bits per heavy atom. The van der Waals surface area contributed by atoms with E-state index in [9.17, 15) is 43.5 Å². The van der Waals surface area contributed by atoms with E-state index < -0.39 is 48.2 Å². The van der Waals surface area contributed by atoms with Gasteiger partial charge in [-0.1, -0.05) is 13.3 Å². The fraction of sp³-hybridized carbons (Fsp3) is 0.750. The van der Waals surface area contributed by atoms with Gasteiger partial charge in [0.25, 0.3) is 0 Å². The van der Waals surface area contributed by atoms with Crippen LogP contribution in [0.2, 0.25) is 0 Å². The summed E-state index contributed by atoms with van der Waals surface area (Å²) in [6, 6.07) is -2.35. The molecule has 0 radical (unpaired) electrons. The van der Waals surface area contributed by atoms with E-state index in [0.717, 1.165) is 0 Å². The molecule has 0 rings (SSSR count). The van der Waals surface area contributed by atoms with Crippen molar-refractivity contribution in [3.63, 3.8) is 0 Å². The first-order chi connectivity index (χ1) is 25.3. The van der Waals surface area contributed by atoms with Crippen molar-refractivity contribution in [1.29, 1.82) is 0 Å². The van der Waals surface area contributed by atoms with E-state index in [-0.39, 0.29) is 103 Å². The quantitative estimate of drug-likeness (QED) is 0.0252. The molecule has 0 aromatic heterocycles. The third-order valence-electron chi connectivity index (χ3n) is 6.40. The minimum atomic E-state index is -1.47. The molecule has 7 N–H and O–H groups in total. The molecule has 21 heteroatoms. The van der Waals surface area contributed by atoms with Gasteiger partial charge in [0.1, 0.15) is 38.3 Å². The van der Waals surface area contributed by atoms with Crippen LogP contribution in [0.4, 0.5) is 0 Å². The SMILES string of the molecule is CCC[C@H](NC(=O)CC[C@H](NC(=O)CC(=O)O)C(=O)O)C(=O)NCCOCCOCC(=O)NCCOCCOCC(=O)NCCOCCOCC(C)=O. The number of rotatable bonds is 35. The van der Waals surface area contributed by atoms with Gasteiger partial charge in [0.2, 0.25) is 29.5 Å².